The van der Waals surface area contributed by atoms with E-state index in [9.17, 15) is 9.59 Å². The fraction of sp³-hybridized carbons (Fsp3) is 0.125. The molecule has 2 aromatic heterocycles. The van der Waals surface area contributed by atoms with Crippen LogP contribution in [0.3, 0.4) is 0 Å². The maximum atomic E-state index is 11.7. The number of rotatable bonds is 3. The molecular formula is C16H12O5. The van der Waals surface area contributed by atoms with Crippen LogP contribution in [0.4, 0.5) is 0 Å². The van der Waals surface area contributed by atoms with E-state index in [4.69, 9.17) is 13.6 Å². The van der Waals surface area contributed by atoms with Gasteiger partial charge in [-0.05, 0) is 30.7 Å². The van der Waals surface area contributed by atoms with Gasteiger partial charge in [0.05, 0.1) is 6.26 Å². The van der Waals surface area contributed by atoms with Crippen LogP contribution < -0.4 is 5.63 Å². The van der Waals surface area contributed by atoms with Crippen molar-refractivity contribution in [3.05, 3.63) is 70.0 Å². The second kappa shape index (κ2) is 5.28. The van der Waals surface area contributed by atoms with Crippen molar-refractivity contribution in [2.75, 3.05) is 0 Å². The number of esters is 1. The molecule has 0 amide bonds. The predicted molar refractivity (Wildman–Crippen MR) is 75.0 cm³/mol. The van der Waals surface area contributed by atoms with E-state index < -0.39 is 11.6 Å². The number of ether oxygens (including phenoxy) is 1. The molecule has 0 atom stereocenters. The number of fused-ring (bicyclic) bond motifs is 1. The first kappa shape index (κ1) is 13.2. The van der Waals surface area contributed by atoms with Crippen molar-refractivity contribution >= 4 is 16.9 Å². The first-order valence-corrected chi connectivity index (χ1v) is 6.37. The summed E-state index contributed by atoms with van der Waals surface area (Å²) in [6.45, 7) is 1.88. The molecule has 0 radical (unpaired) electrons. The lowest BCUT2D eigenvalue weighted by atomic mass is 10.1. The van der Waals surface area contributed by atoms with Crippen LogP contribution in [-0.2, 0) is 11.3 Å². The van der Waals surface area contributed by atoms with Crippen LogP contribution >= 0.6 is 0 Å². The molecule has 0 fully saturated rings. The zero-order chi connectivity index (χ0) is 14.8. The van der Waals surface area contributed by atoms with E-state index in [0.717, 1.165) is 10.9 Å². The second-order valence-corrected chi connectivity index (χ2v) is 4.64. The minimum Gasteiger partial charge on any atom is -0.457 e. The van der Waals surface area contributed by atoms with Gasteiger partial charge in [-0.2, -0.15) is 0 Å². The third kappa shape index (κ3) is 2.72. The summed E-state index contributed by atoms with van der Waals surface area (Å²) in [7, 11) is 0. The fourth-order valence-electron chi connectivity index (χ4n) is 2.07. The van der Waals surface area contributed by atoms with Gasteiger partial charge in [0.25, 0.3) is 0 Å². The summed E-state index contributed by atoms with van der Waals surface area (Å²) in [5, 5.41) is 0.743. The van der Waals surface area contributed by atoms with E-state index in [0.29, 0.717) is 11.1 Å². The van der Waals surface area contributed by atoms with E-state index in [1.165, 1.54) is 18.4 Å². The van der Waals surface area contributed by atoms with Crippen molar-refractivity contribution in [2.24, 2.45) is 0 Å². The highest BCUT2D eigenvalue weighted by Crippen LogP contribution is 2.19. The predicted octanol–water partition coefficient (Wildman–Crippen LogP) is 3.05. The maximum Gasteiger partial charge on any atom is 0.374 e. The normalized spacial score (nSPS) is 10.7. The molecule has 5 heteroatoms. The molecule has 0 unspecified atom stereocenters. The van der Waals surface area contributed by atoms with Crippen molar-refractivity contribution in [1.82, 2.24) is 0 Å². The molecule has 3 aromatic rings. The average Bonchev–Trinajstić information content (AvgIpc) is 2.97. The number of hydrogen-bond acceptors (Lipinski definition) is 5. The molecule has 0 aliphatic carbocycles. The Morgan fingerprint density at radius 3 is 2.86 bits per heavy atom. The number of benzene rings is 1. The molecule has 1 aromatic carbocycles. The molecule has 0 spiro atoms. The lowest BCUT2D eigenvalue weighted by Gasteiger charge is -2.06. The highest BCUT2D eigenvalue weighted by Gasteiger charge is 2.12. The third-order valence-corrected chi connectivity index (χ3v) is 3.07. The van der Waals surface area contributed by atoms with E-state index in [1.807, 2.05) is 19.1 Å². The summed E-state index contributed by atoms with van der Waals surface area (Å²) < 4.78 is 15.3. The van der Waals surface area contributed by atoms with Gasteiger partial charge in [0.2, 0.25) is 5.76 Å². The fourth-order valence-corrected chi connectivity index (χ4v) is 2.07. The number of aryl methyl sites for hydroxylation is 1. The first-order chi connectivity index (χ1) is 10.1. The van der Waals surface area contributed by atoms with E-state index in [1.54, 1.807) is 12.1 Å². The Bertz CT molecular complexity index is 843. The zero-order valence-electron chi connectivity index (χ0n) is 11.3. The van der Waals surface area contributed by atoms with Crippen LogP contribution in [0, 0.1) is 6.92 Å². The van der Waals surface area contributed by atoms with Gasteiger partial charge in [-0.15, -0.1) is 0 Å². The summed E-state index contributed by atoms with van der Waals surface area (Å²) in [6, 6.07) is 9.96. The minimum atomic E-state index is -0.575. The van der Waals surface area contributed by atoms with Crippen LogP contribution in [0.1, 0.15) is 21.7 Å². The molecule has 0 N–H and O–H groups in total. The Hall–Kier alpha value is -2.82. The SMILES string of the molecule is Cc1ccc2c(COC(=O)c3ccco3)cc(=O)oc2c1. The van der Waals surface area contributed by atoms with Crippen LogP contribution in [0.5, 0.6) is 0 Å². The van der Waals surface area contributed by atoms with Crippen LogP contribution in [0.2, 0.25) is 0 Å². The van der Waals surface area contributed by atoms with Gasteiger partial charge in [-0.3, -0.25) is 0 Å². The smallest absolute Gasteiger partial charge is 0.374 e. The molecule has 0 saturated heterocycles. The van der Waals surface area contributed by atoms with E-state index >= 15 is 0 Å². The highest BCUT2D eigenvalue weighted by molar-refractivity contribution is 5.86. The molecule has 0 saturated carbocycles. The highest BCUT2D eigenvalue weighted by atomic mass is 16.5. The van der Waals surface area contributed by atoms with Gasteiger partial charge in [0.1, 0.15) is 12.2 Å². The van der Waals surface area contributed by atoms with Crippen molar-refractivity contribution in [2.45, 2.75) is 13.5 Å². The zero-order valence-corrected chi connectivity index (χ0v) is 11.3. The summed E-state index contributed by atoms with van der Waals surface area (Å²) in [5.41, 5.74) is 1.58. The van der Waals surface area contributed by atoms with Gasteiger partial charge < -0.3 is 13.6 Å². The minimum absolute atomic E-state index is 0.0231. The molecule has 0 bridgehead atoms. The lowest BCUT2D eigenvalue weighted by Crippen LogP contribution is -2.07. The van der Waals surface area contributed by atoms with Crippen LogP contribution in [0.15, 0.2) is 56.3 Å². The average molecular weight is 284 g/mol. The molecule has 106 valence electrons. The summed E-state index contributed by atoms with van der Waals surface area (Å²) >= 11 is 0. The Morgan fingerprint density at radius 1 is 1.24 bits per heavy atom. The Balaban J connectivity index is 1.90. The molecule has 0 aliphatic heterocycles. The third-order valence-electron chi connectivity index (χ3n) is 3.07. The van der Waals surface area contributed by atoms with E-state index in [2.05, 4.69) is 0 Å². The molecule has 21 heavy (non-hydrogen) atoms. The molecule has 5 nitrogen and oxygen atoms in total. The lowest BCUT2D eigenvalue weighted by molar-refractivity contribution is 0.0437. The van der Waals surface area contributed by atoms with Crippen molar-refractivity contribution in [3.63, 3.8) is 0 Å². The standard InChI is InChI=1S/C16H12O5/c1-10-4-5-12-11(8-15(17)21-14(12)7-10)9-20-16(18)13-3-2-6-19-13/h2-8H,9H2,1H3. The van der Waals surface area contributed by atoms with Crippen molar-refractivity contribution < 1.29 is 18.4 Å². The van der Waals surface area contributed by atoms with Crippen molar-refractivity contribution in [3.8, 4) is 0 Å². The van der Waals surface area contributed by atoms with Gasteiger partial charge in [0, 0.05) is 17.0 Å². The molecule has 2 heterocycles. The largest absolute Gasteiger partial charge is 0.457 e. The monoisotopic (exact) mass is 284 g/mol. The number of hydrogen-bond donors (Lipinski definition) is 0. The van der Waals surface area contributed by atoms with Gasteiger partial charge in [-0.1, -0.05) is 12.1 Å². The number of carbonyl (C=O) groups is 1. The Kier molecular flexibility index (Phi) is 3.31. The van der Waals surface area contributed by atoms with Crippen molar-refractivity contribution in [1.29, 1.82) is 0 Å². The Labute approximate surface area is 119 Å². The molecule has 0 aliphatic rings. The van der Waals surface area contributed by atoms with E-state index in [-0.39, 0.29) is 12.4 Å². The number of carbonyl (C=O) groups excluding carboxylic acids is 1. The maximum absolute atomic E-state index is 11.7. The second-order valence-electron chi connectivity index (χ2n) is 4.64. The molecular weight excluding hydrogens is 272 g/mol. The topological polar surface area (TPSA) is 69.7 Å². The van der Waals surface area contributed by atoms with Gasteiger partial charge in [-0.25, -0.2) is 9.59 Å². The summed E-state index contributed by atoms with van der Waals surface area (Å²) in [4.78, 5) is 23.3. The summed E-state index contributed by atoms with van der Waals surface area (Å²) in [5.74, 6) is -0.452. The first-order valence-electron chi connectivity index (χ1n) is 6.37. The summed E-state index contributed by atoms with van der Waals surface area (Å²) in [6.07, 6.45) is 1.39. The number of furan rings is 1. The Morgan fingerprint density at radius 2 is 2.10 bits per heavy atom. The van der Waals surface area contributed by atoms with Gasteiger partial charge in [0.15, 0.2) is 0 Å². The molecule has 3 rings (SSSR count). The van der Waals surface area contributed by atoms with Crippen LogP contribution in [-0.4, -0.2) is 5.97 Å². The quantitative estimate of drug-likeness (QED) is 0.546. The van der Waals surface area contributed by atoms with Gasteiger partial charge >= 0.3 is 11.6 Å². The van der Waals surface area contributed by atoms with Crippen LogP contribution in [0.25, 0.3) is 11.0 Å².